The van der Waals surface area contributed by atoms with Crippen molar-refractivity contribution >= 4 is 37.5 Å². The number of rotatable bonds is 3. The van der Waals surface area contributed by atoms with E-state index in [1.165, 1.54) is 23.0 Å². The largest absolute Gasteiger partial charge is 0.371 e. The Morgan fingerprint density at radius 1 is 1.29 bits per heavy atom. The molecule has 0 aliphatic carbocycles. The third kappa shape index (κ3) is 3.46. The Balaban J connectivity index is 2.00. The Morgan fingerprint density at radius 3 is 2.59 bits per heavy atom. The van der Waals surface area contributed by atoms with Crippen LogP contribution in [0.4, 0.5) is 5.69 Å². The summed E-state index contributed by atoms with van der Waals surface area (Å²) in [5, 5.41) is 3.53. The molecule has 1 fully saturated rings. The average Bonchev–Trinajstić information content (AvgIpc) is 2.31. The molecule has 1 heterocycles. The minimum atomic E-state index is 0.700. The summed E-state index contributed by atoms with van der Waals surface area (Å²) in [7, 11) is 0. The van der Waals surface area contributed by atoms with Crippen molar-refractivity contribution in [2.75, 3.05) is 24.5 Å². The highest BCUT2D eigenvalue weighted by molar-refractivity contribution is 9.11. The van der Waals surface area contributed by atoms with Crippen LogP contribution in [0.2, 0.25) is 0 Å². The minimum Gasteiger partial charge on any atom is -0.371 e. The second kappa shape index (κ2) is 6.21. The van der Waals surface area contributed by atoms with Crippen molar-refractivity contribution in [3.05, 3.63) is 27.1 Å². The third-order valence-corrected chi connectivity index (χ3v) is 4.37. The molecular formula is C13H18Br2N2. The van der Waals surface area contributed by atoms with Crippen LogP contribution >= 0.6 is 31.9 Å². The van der Waals surface area contributed by atoms with Crippen LogP contribution in [0.25, 0.3) is 0 Å². The molecule has 0 bridgehead atoms. The zero-order valence-corrected chi connectivity index (χ0v) is 13.2. The maximum Gasteiger partial charge on any atom is 0.0511 e. The van der Waals surface area contributed by atoms with E-state index in [0.717, 1.165) is 24.1 Å². The summed E-state index contributed by atoms with van der Waals surface area (Å²) in [6, 6.07) is 7.11. The number of nitrogens with zero attached hydrogens (tertiary/aromatic N) is 1. The lowest BCUT2D eigenvalue weighted by Crippen LogP contribution is -2.42. The van der Waals surface area contributed by atoms with E-state index in [2.05, 4.69) is 67.2 Å². The van der Waals surface area contributed by atoms with Gasteiger partial charge >= 0.3 is 0 Å². The molecule has 4 heteroatoms. The molecule has 2 nitrogen and oxygen atoms in total. The predicted molar refractivity (Wildman–Crippen MR) is 80.8 cm³/mol. The van der Waals surface area contributed by atoms with Crippen LogP contribution in [0.1, 0.15) is 19.8 Å². The normalized spacial score (nSPS) is 17.5. The Labute approximate surface area is 120 Å². The number of hydrogen-bond acceptors (Lipinski definition) is 2. The molecule has 1 aliphatic heterocycles. The van der Waals surface area contributed by atoms with Gasteiger partial charge in [0.25, 0.3) is 0 Å². The van der Waals surface area contributed by atoms with E-state index in [1.54, 1.807) is 0 Å². The molecule has 17 heavy (non-hydrogen) atoms. The lowest BCUT2D eigenvalue weighted by molar-refractivity contribution is 0.424. The lowest BCUT2D eigenvalue weighted by Gasteiger charge is -2.34. The summed E-state index contributed by atoms with van der Waals surface area (Å²) in [5.41, 5.74) is 1.31. The molecule has 0 saturated carbocycles. The van der Waals surface area contributed by atoms with E-state index in [-0.39, 0.29) is 0 Å². The third-order valence-electron chi connectivity index (χ3n) is 3.24. The van der Waals surface area contributed by atoms with E-state index in [1.807, 2.05) is 0 Å². The summed E-state index contributed by atoms with van der Waals surface area (Å²) >= 11 is 7.13. The van der Waals surface area contributed by atoms with Crippen LogP contribution in [0.15, 0.2) is 27.1 Å². The Kier molecular flexibility index (Phi) is 4.88. The number of hydrogen-bond donors (Lipinski definition) is 1. The highest BCUT2D eigenvalue weighted by Gasteiger charge is 2.19. The fourth-order valence-electron chi connectivity index (χ4n) is 2.35. The van der Waals surface area contributed by atoms with E-state index >= 15 is 0 Å². The standard InChI is InChI=1S/C13H18Br2N2/c1-2-16-11-5-7-17(8-6-11)13-4-3-10(14)9-12(13)15/h3-4,9,11,16H,2,5-8H2,1H3. The SMILES string of the molecule is CCNC1CCN(c2ccc(Br)cc2Br)CC1. The van der Waals surface area contributed by atoms with Crippen LogP contribution in [-0.4, -0.2) is 25.7 Å². The smallest absolute Gasteiger partial charge is 0.0511 e. The molecule has 0 radical (unpaired) electrons. The molecule has 1 N–H and O–H groups in total. The molecule has 0 spiro atoms. The van der Waals surface area contributed by atoms with Gasteiger partial charge in [-0.3, -0.25) is 0 Å². The van der Waals surface area contributed by atoms with Gasteiger partial charge in [-0.15, -0.1) is 0 Å². The number of halogens is 2. The second-order valence-electron chi connectivity index (χ2n) is 4.41. The Hall–Kier alpha value is -0.0600. The highest BCUT2D eigenvalue weighted by Crippen LogP contribution is 2.31. The van der Waals surface area contributed by atoms with Crippen molar-refractivity contribution in [1.82, 2.24) is 5.32 Å². The second-order valence-corrected chi connectivity index (χ2v) is 6.18. The highest BCUT2D eigenvalue weighted by atomic mass is 79.9. The van der Waals surface area contributed by atoms with E-state index in [0.29, 0.717) is 6.04 Å². The molecule has 1 saturated heterocycles. The minimum absolute atomic E-state index is 0.700. The molecule has 0 aromatic heterocycles. The first-order valence-electron chi connectivity index (χ1n) is 6.14. The van der Waals surface area contributed by atoms with Crippen molar-refractivity contribution in [3.63, 3.8) is 0 Å². The van der Waals surface area contributed by atoms with Gasteiger partial charge < -0.3 is 10.2 Å². The summed E-state index contributed by atoms with van der Waals surface area (Å²) in [6.45, 7) is 5.53. The number of benzene rings is 1. The van der Waals surface area contributed by atoms with Crippen LogP contribution in [0.3, 0.4) is 0 Å². The van der Waals surface area contributed by atoms with Gasteiger partial charge in [-0.05, 0) is 53.5 Å². The van der Waals surface area contributed by atoms with Gasteiger partial charge in [-0.1, -0.05) is 22.9 Å². The molecule has 0 unspecified atom stereocenters. The summed E-state index contributed by atoms with van der Waals surface area (Å²) in [4.78, 5) is 2.46. The van der Waals surface area contributed by atoms with Crippen LogP contribution < -0.4 is 10.2 Å². The maximum atomic E-state index is 3.64. The number of piperidine rings is 1. The fourth-order valence-corrected chi connectivity index (χ4v) is 3.65. The van der Waals surface area contributed by atoms with Crippen LogP contribution in [0.5, 0.6) is 0 Å². The summed E-state index contributed by atoms with van der Waals surface area (Å²) < 4.78 is 2.30. The molecule has 0 amide bonds. The van der Waals surface area contributed by atoms with Crippen molar-refractivity contribution in [2.45, 2.75) is 25.8 Å². The quantitative estimate of drug-likeness (QED) is 0.881. The van der Waals surface area contributed by atoms with Gasteiger partial charge in [0.1, 0.15) is 0 Å². The number of anilines is 1. The molecule has 2 rings (SSSR count). The van der Waals surface area contributed by atoms with Crippen molar-refractivity contribution in [1.29, 1.82) is 0 Å². The molecule has 1 aromatic rings. The fraction of sp³-hybridized carbons (Fsp3) is 0.538. The molecule has 0 atom stereocenters. The van der Waals surface area contributed by atoms with Crippen molar-refractivity contribution < 1.29 is 0 Å². The monoisotopic (exact) mass is 360 g/mol. The predicted octanol–water partition coefficient (Wildman–Crippen LogP) is 3.79. The van der Waals surface area contributed by atoms with Gasteiger partial charge in [0.2, 0.25) is 0 Å². The summed E-state index contributed by atoms with van der Waals surface area (Å²) in [6.07, 6.45) is 2.46. The molecule has 1 aromatic carbocycles. The van der Waals surface area contributed by atoms with Gasteiger partial charge in [0.05, 0.1) is 5.69 Å². The average molecular weight is 362 g/mol. The van der Waals surface area contributed by atoms with E-state index in [4.69, 9.17) is 0 Å². The number of nitrogens with one attached hydrogen (secondary N) is 1. The Bertz CT molecular complexity index is 374. The first kappa shape index (κ1) is 13.4. The zero-order chi connectivity index (χ0) is 12.3. The lowest BCUT2D eigenvalue weighted by atomic mass is 10.0. The topological polar surface area (TPSA) is 15.3 Å². The van der Waals surface area contributed by atoms with Crippen LogP contribution in [-0.2, 0) is 0 Å². The van der Waals surface area contributed by atoms with Gasteiger partial charge in [-0.2, -0.15) is 0 Å². The van der Waals surface area contributed by atoms with Crippen molar-refractivity contribution in [3.8, 4) is 0 Å². The molecule has 1 aliphatic rings. The van der Waals surface area contributed by atoms with Crippen LogP contribution in [0, 0.1) is 0 Å². The molecular weight excluding hydrogens is 344 g/mol. The zero-order valence-electron chi connectivity index (χ0n) is 10.0. The first-order chi connectivity index (χ1) is 8.20. The Morgan fingerprint density at radius 2 is 2.00 bits per heavy atom. The van der Waals surface area contributed by atoms with E-state index in [9.17, 15) is 0 Å². The first-order valence-corrected chi connectivity index (χ1v) is 7.72. The summed E-state index contributed by atoms with van der Waals surface area (Å²) in [5.74, 6) is 0. The van der Waals surface area contributed by atoms with Crippen molar-refractivity contribution in [2.24, 2.45) is 0 Å². The maximum absolute atomic E-state index is 3.64. The van der Waals surface area contributed by atoms with Gasteiger partial charge in [0, 0.05) is 28.1 Å². The van der Waals surface area contributed by atoms with Gasteiger partial charge in [0.15, 0.2) is 0 Å². The van der Waals surface area contributed by atoms with E-state index < -0.39 is 0 Å². The molecule has 94 valence electrons. The van der Waals surface area contributed by atoms with Gasteiger partial charge in [-0.25, -0.2) is 0 Å².